The number of amides is 3. The second kappa shape index (κ2) is 14.7. The summed E-state index contributed by atoms with van der Waals surface area (Å²) in [5.41, 5.74) is 4.76. The fourth-order valence-corrected chi connectivity index (χ4v) is 4.90. The van der Waals surface area contributed by atoms with E-state index < -0.39 is 11.8 Å². The van der Waals surface area contributed by atoms with Crippen LogP contribution in [0.2, 0.25) is 0 Å². The molecule has 4 aromatic carbocycles. The van der Waals surface area contributed by atoms with Crippen LogP contribution in [0.3, 0.4) is 0 Å². The molecular weight excluding hydrogens is 546 g/mol. The van der Waals surface area contributed by atoms with Crippen molar-refractivity contribution in [1.29, 1.82) is 0 Å². The number of hydrogen-bond acceptors (Lipinski definition) is 5. The van der Waals surface area contributed by atoms with Crippen molar-refractivity contribution < 1.29 is 19.1 Å². The lowest BCUT2D eigenvalue weighted by Crippen LogP contribution is -2.30. The number of para-hydroxylation sites is 1. The third kappa shape index (κ3) is 8.34. The number of rotatable bonds is 11. The summed E-state index contributed by atoms with van der Waals surface area (Å²) >= 11 is 1.41. The largest absolute Gasteiger partial charge is 0.497 e. The van der Waals surface area contributed by atoms with Gasteiger partial charge in [-0.1, -0.05) is 55.5 Å². The summed E-state index contributed by atoms with van der Waals surface area (Å²) in [6.45, 7) is 4.05. The van der Waals surface area contributed by atoms with E-state index in [1.54, 1.807) is 67.8 Å². The highest BCUT2D eigenvalue weighted by molar-refractivity contribution is 8.00. The molecule has 0 fully saturated rings. The first kappa shape index (κ1) is 30.1. The average Bonchev–Trinajstić information content (AvgIpc) is 3.01. The second-order valence-electron chi connectivity index (χ2n) is 9.43. The first-order valence-electron chi connectivity index (χ1n) is 13.5. The maximum absolute atomic E-state index is 13.3. The molecule has 3 amide bonds. The Hall–Kier alpha value is -4.82. The SMILES string of the molecule is CCc1cccc(C)c1NC(=O)CSc1ccc(NC(=O)/C(=C/c2cccc(OC)c2)NC(=O)c2ccccc2)cc1. The molecule has 4 rings (SSSR count). The van der Waals surface area contributed by atoms with Gasteiger partial charge in [-0.3, -0.25) is 14.4 Å². The van der Waals surface area contributed by atoms with E-state index in [0.29, 0.717) is 22.6 Å². The van der Waals surface area contributed by atoms with Crippen LogP contribution in [-0.2, 0) is 16.0 Å². The third-order valence-electron chi connectivity index (χ3n) is 6.42. The lowest BCUT2D eigenvalue weighted by molar-refractivity contribution is -0.114. The lowest BCUT2D eigenvalue weighted by Gasteiger charge is -2.13. The summed E-state index contributed by atoms with van der Waals surface area (Å²) in [6.07, 6.45) is 2.43. The summed E-state index contributed by atoms with van der Waals surface area (Å²) in [7, 11) is 1.56. The van der Waals surface area contributed by atoms with Gasteiger partial charge in [0, 0.05) is 21.8 Å². The van der Waals surface area contributed by atoms with Crippen LogP contribution in [0.5, 0.6) is 5.75 Å². The van der Waals surface area contributed by atoms with Gasteiger partial charge in [-0.25, -0.2) is 0 Å². The van der Waals surface area contributed by atoms with Crippen LogP contribution in [0.15, 0.2) is 108 Å². The van der Waals surface area contributed by atoms with E-state index in [9.17, 15) is 14.4 Å². The van der Waals surface area contributed by atoms with Crippen LogP contribution in [0.1, 0.15) is 34.0 Å². The van der Waals surface area contributed by atoms with Crippen molar-refractivity contribution in [1.82, 2.24) is 5.32 Å². The molecule has 0 aliphatic rings. The molecule has 4 aromatic rings. The summed E-state index contributed by atoms with van der Waals surface area (Å²) in [6, 6.07) is 29.1. The molecular formula is C34H33N3O4S. The molecule has 0 spiro atoms. The number of ether oxygens (including phenoxy) is 1. The quantitative estimate of drug-likeness (QED) is 0.136. The number of carbonyl (C=O) groups excluding carboxylic acids is 3. The van der Waals surface area contributed by atoms with Crippen molar-refractivity contribution in [2.75, 3.05) is 23.5 Å². The number of methoxy groups -OCH3 is 1. The minimum atomic E-state index is -0.480. The molecule has 0 bridgehead atoms. The second-order valence-corrected chi connectivity index (χ2v) is 10.5. The summed E-state index contributed by atoms with van der Waals surface area (Å²) in [5.74, 6) is -0.0805. The first-order valence-corrected chi connectivity index (χ1v) is 14.5. The van der Waals surface area contributed by atoms with Crippen LogP contribution in [-0.4, -0.2) is 30.6 Å². The van der Waals surface area contributed by atoms with Gasteiger partial charge in [0.1, 0.15) is 11.4 Å². The Morgan fingerprint density at radius 3 is 2.31 bits per heavy atom. The molecule has 0 radical (unpaired) electrons. The first-order chi connectivity index (χ1) is 20.4. The zero-order valence-electron chi connectivity index (χ0n) is 23.8. The lowest BCUT2D eigenvalue weighted by atomic mass is 10.1. The number of hydrogen-bond donors (Lipinski definition) is 3. The molecule has 0 aliphatic heterocycles. The van der Waals surface area contributed by atoms with Gasteiger partial charge in [-0.05, 0) is 84.6 Å². The van der Waals surface area contributed by atoms with Gasteiger partial charge in [0.25, 0.3) is 11.8 Å². The molecule has 0 saturated carbocycles. The molecule has 42 heavy (non-hydrogen) atoms. The Balaban J connectivity index is 1.42. The van der Waals surface area contributed by atoms with E-state index in [-0.39, 0.29) is 17.4 Å². The smallest absolute Gasteiger partial charge is 0.272 e. The van der Waals surface area contributed by atoms with Crippen molar-refractivity contribution in [2.45, 2.75) is 25.2 Å². The molecule has 8 heteroatoms. The predicted molar refractivity (Wildman–Crippen MR) is 170 cm³/mol. The highest BCUT2D eigenvalue weighted by atomic mass is 32.2. The molecule has 0 saturated heterocycles. The highest BCUT2D eigenvalue weighted by Crippen LogP contribution is 2.24. The number of nitrogens with one attached hydrogen (secondary N) is 3. The minimum Gasteiger partial charge on any atom is -0.497 e. The fourth-order valence-electron chi connectivity index (χ4n) is 4.20. The molecule has 0 aromatic heterocycles. The maximum Gasteiger partial charge on any atom is 0.272 e. The fraction of sp³-hybridized carbons (Fsp3) is 0.147. The van der Waals surface area contributed by atoms with Crippen LogP contribution >= 0.6 is 11.8 Å². The summed E-state index contributed by atoms with van der Waals surface area (Å²) in [4.78, 5) is 39.7. The molecule has 0 atom stereocenters. The van der Waals surface area contributed by atoms with Crippen LogP contribution in [0, 0.1) is 6.92 Å². The zero-order chi connectivity index (χ0) is 29.9. The van der Waals surface area contributed by atoms with Gasteiger partial charge in [-0.15, -0.1) is 11.8 Å². The van der Waals surface area contributed by atoms with Gasteiger partial charge in [-0.2, -0.15) is 0 Å². The topological polar surface area (TPSA) is 96.5 Å². The van der Waals surface area contributed by atoms with Crippen LogP contribution in [0.4, 0.5) is 11.4 Å². The zero-order valence-corrected chi connectivity index (χ0v) is 24.6. The highest BCUT2D eigenvalue weighted by Gasteiger charge is 2.16. The van der Waals surface area contributed by atoms with E-state index in [1.165, 1.54) is 11.8 Å². The monoisotopic (exact) mass is 579 g/mol. The Morgan fingerprint density at radius 2 is 1.60 bits per heavy atom. The molecule has 0 heterocycles. The number of benzene rings is 4. The van der Waals surface area contributed by atoms with Crippen LogP contribution < -0.4 is 20.7 Å². The van der Waals surface area contributed by atoms with Crippen molar-refractivity contribution in [3.05, 3.63) is 125 Å². The Morgan fingerprint density at radius 1 is 0.857 bits per heavy atom. The Labute approximate surface area is 250 Å². The Kier molecular flexibility index (Phi) is 10.6. The van der Waals surface area contributed by atoms with Crippen molar-refractivity contribution in [3.63, 3.8) is 0 Å². The van der Waals surface area contributed by atoms with Crippen molar-refractivity contribution in [2.24, 2.45) is 0 Å². The molecule has 3 N–H and O–H groups in total. The van der Waals surface area contributed by atoms with Crippen LogP contribution in [0.25, 0.3) is 6.08 Å². The standard InChI is InChI=1S/C34H33N3O4S/c1-4-25-14-8-10-23(2)32(25)37-31(38)22-42-29-18-16-27(17-19-29)35-34(40)30(21-24-11-9-15-28(20-24)41-3)36-33(39)26-12-6-5-7-13-26/h5-21H,4,22H2,1-3H3,(H,35,40)(H,36,39)(H,37,38)/b30-21-. The third-order valence-corrected chi connectivity index (χ3v) is 7.43. The number of aryl methyl sites for hydroxylation is 2. The van der Waals surface area contributed by atoms with Gasteiger partial charge in [0.05, 0.1) is 12.9 Å². The summed E-state index contributed by atoms with van der Waals surface area (Å²) in [5, 5.41) is 8.62. The van der Waals surface area contributed by atoms with Gasteiger partial charge in [0.2, 0.25) is 5.91 Å². The Bertz CT molecular complexity index is 1580. The van der Waals surface area contributed by atoms with E-state index >= 15 is 0 Å². The van der Waals surface area contributed by atoms with Crippen molar-refractivity contribution >= 4 is 46.9 Å². The van der Waals surface area contributed by atoms with E-state index in [2.05, 4.69) is 22.9 Å². The minimum absolute atomic E-state index is 0.0786. The molecule has 214 valence electrons. The van der Waals surface area contributed by atoms with E-state index in [1.807, 2.05) is 49.4 Å². The van der Waals surface area contributed by atoms with Crippen molar-refractivity contribution in [3.8, 4) is 5.75 Å². The number of anilines is 2. The number of carbonyl (C=O) groups is 3. The normalized spacial score (nSPS) is 11.0. The average molecular weight is 580 g/mol. The van der Waals surface area contributed by atoms with E-state index in [0.717, 1.165) is 28.1 Å². The maximum atomic E-state index is 13.3. The van der Waals surface area contributed by atoms with Gasteiger partial charge in [0.15, 0.2) is 0 Å². The molecule has 0 unspecified atom stereocenters. The number of thioether (sulfide) groups is 1. The molecule has 7 nitrogen and oxygen atoms in total. The predicted octanol–water partition coefficient (Wildman–Crippen LogP) is 6.71. The van der Waals surface area contributed by atoms with Gasteiger partial charge >= 0.3 is 0 Å². The molecule has 0 aliphatic carbocycles. The van der Waals surface area contributed by atoms with Gasteiger partial charge < -0.3 is 20.7 Å². The van der Waals surface area contributed by atoms with E-state index in [4.69, 9.17) is 4.74 Å². The summed E-state index contributed by atoms with van der Waals surface area (Å²) < 4.78 is 5.29.